The SMILES string of the molecule is C/C=C\C[C@@H](O[N+](=O)[O-])[C@@H](C)[N+](=O)[O-]. The van der Waals surface area contributed by atoms with Gasteiger partial charge < -0.3 is 4.84 Å². The summed E-state index contributed by atoms with van der Waals surface area (Å²) in [6, 6.07) is -1.10. The number of rotatable bonds is 6. The van der Waals surface area contributed by atoms with Crippen LogP contribution in [0.2, 0.25) is 0 Å². The van der Waals surface area contributed by atoms with Gasteiger partial charge in [0.2, 0.25) is 6.04 Å². The summed E-state index contributed by atoms with van der Waals surface area (Å²) in [5, 5.41) is 19.4. The van der Waals surface area contributed by atoms with Crippen molar-refractivity contribution in [2.24, 2.45) is 0 Å². The van der Waals surface area contributed by atoms with Crippen LogP contribution in [0.25, 0.3) is 0 Å². The van der Waals surface area contributed by atoms with E-state index in [4.69, 9.17) is 0 Å². The Bertz CT molecular complexity index is 240. The van der Waals surface area contributed by atoms with E-state index in [2.05, 4.69) is 4.84 Å². The van der Waals surface area contributed by atoms with Crippen molar-refractivity contribution in [1.29, 1.82) is 0 Å². The second-order valence-electron chi connectivity index (χ2n) is 2.70. The van der Waals surface area contributed by atoms with Gasteiger partial charge in [-0.3, -0.25) is 10.1 Å². The Morgan fingerprint density at radius 2 is 2.00 bits per heavy atom. The van der Waals surface area contributed by atoms with Crippen LogP contribution in [0, 0.1) is 20.2 Å². The van der Waals surface area contributed by atoms with E-state index >= 15 is 0 Å². The van der Waals surface area contributed by atoms with Crippen LogP contribution in [0.3, 0.4) is 0 Å². The monoisotopic (exact) mass is 204 g/mol. The Morgan fingerprint density at radius 3 is 2.36 bits per heavy atom. The number of hydrogen-bond donors (Lipinski definition) is 0. The van der Waals surface area contributed by atoms with Crippen molar-refractivity contribution in [2.75, 3.05) is 0 Å². The summed E-state index contributed by atoms with van der Waals surface area (Å²) in [7, 11) is 0. The molecule has 0 amide bonds. The van der Waals surface area contributed by atoms with E-state index in [1.807, 2.05) is 0 Å². The molecule has 0 aromatic carbocycles. The summed E-state index contributed by atoms with van der Waals surface area (Å²) in [5.41, 5.74) is 0. The summed E-state index contributed by atoms with van der Waals surface area (Å²) >= 11 is 0. The molecule has 0 heterocycles. The first-order valence-corrected chi connectivity index (χ1v) is 4.04. The van der Waals surface area contributed by atoms with Crippen LogP contribution in [0.5, 0.6) is 0 Å². The van der Waals surface area contributed by atoms with Crippen molar-refractivity contribution in [2.45, 2.75) is 32.4 Å². The van der Waals surface area contributed by atoms with Crippen molar-refractivity contribution in [3.8, 4) is 0 Å². The van der Waals surface area contributed by atoms with Crippen LogP contribution in [0.15, 0.2) is 12.2 Å². The van der Waals surface area contributed by atoms with Crippen LogP contribution in [0.1, 0.15) is 20.3 Å². The molecule has 7 heteroatoms. The zero-order valence-electron chi connectivity index (χ0n) is 7.95. The number of nitro groups is 1. The van der Waals surface area contributed by atoms with Gasteiger partial charge in [-0.05, 0) is 13.3 Å². The zero-order valence-corrected chi connectivity index (χ0v) is 7.95. The van der Waals surface area contributed by atoms with Crippen molar-refractivity contribution >= 4 is 0 Å². The smallest absolute Gasteiger partial charge is 0.295 e. The highest BCUT2D eigenvalue weighted by Crippen LogP contribution is 2.08. The van der Waals surface area contributed by atoms with E-state index in [9.17, 15) is 20.2 Å². The largest absolute Gasteiger partial charge is 0.303 e. The molecule has 0 rings (SSSR count). The van der Waals surface area contributed by atoms with E-state index in [1.165, 1.54) is 6.92 Å². The second-order valence-corrected chi connectivity index (χ2v) is 2.70. The van der Waals surface area contributed by atoms with Crippen LogP contribution in [0.4, 0.5) is 0 Å². The Morgan fingerprint density at radius 1 is 1.43 bits per heavy atom. The van der Waals surface area contributed by atoms with Gasteiger partial charge in [0, 0.05) is 11.8 Å². The van der Waals surface area contributed by atoms with Gasteiger partial charge in [0.1, 0.15) is 0 Å². The first kappa shape index (κ1) is 12.3. The normalized spacial score (nSPS) is 15.0. The second kappa shape index (κ2) is 5.90. The molecule has 0 saturated carbocycles. The molecule has 0 N–H and O–H groups in total. The Hall–Kier alpha value is -1.66. The summed E-state index contributed by atoms with van der Waals surface area (Å²) < 4.78 is 0. The molecular weight excluding hydrogens is 192 g/mol. The van der Waals surface area contributed by atoms with E-state index in [0.29, 0.717) is 0 Å². The van der Waals surface area contributed by atoms with Crippen molar-refractivity contribution in [3.05, 3.63) is 32.4 Å². The molecule has 0 saturated heterocycles. The van der Waals surface area contributed by atoms with E-state index in [0.717, 1.165) is 0 Å². The van der Waals surface area contributed by atoms with Gasteiger partial charge in [-0.1, -0.05) is 12.2 Å². The van der Waals surface area contributed by atoms with E-state index < -0.39 is 22.2 Å². The van der Waals surface area contributed by atoms with Crippen molar-refractivity contribution in [1.82, 2.24) is 0 Å². The number of allylic oxidation sites excluding steroid dienone is 1. The maximum Gasteiger partial charge on any atom is 0.295 e. The Kier molecular flexibility index (Phi) is 5.20. The lowest BCUT2D eigenvalue weighted by Gasteiger charge is -2.13. The summed E-state index contributed by atoms with van der Waals surface area (Å²) in [6.45, 7) is 3.00. The summed E-state index contributed by atoms with van der Waals surface area (Å²) in [4.78, 5) is 24.0. The Balaban J connectivity index is 4.36. The predicted molar refractivity (Wildman–Crippen MR) is 47.8 cm³/mol. The zero-order chi connectivity index (χ0) is 11.1. The average molecular weight is 204 g/mol. The fourth-order valence-electron chi connectivity index (χ4n) is 0.845. The van der Waals surface area contributed by atoms with Gasteiger partial charge in [-0.2, -0.15) is 0 Å². The van der Waals surface area contributed by atoms with E-state index in [-0.39, 0.29) is 6.42 Å². The van der Waals surface area contributed by atoms with Gasteiger partial charge in [0.15, 0.2) is 6.10 Å². The highest BCUT2D eigenvalue weighted by molar-refractivity contribution is 4.82. The van der Waals surface area contributed by atoms with Gasteiger partial charge in [0.25, 0.3) is 5.09 Å². The summed E-state index contributed by atoms with van der Waals surface area (Å²) in [6.07, 6.45) is 2.37. The molecule has 0 aromatic heterocycles. The minimum atomic E-state index is -1.10. The third-order valence-electron chi connectivity index (χ3n) is 1.70. The minimum absolute atomic E-state index is 0.152. The van der Waals surface area contributed by atoms with E-state index in [1.54, 1.807) is 19.1 Å². The van der Waals surface area contributed by atoms with Crippen LogP contribution in [-0.2, 0) is 4.84 Å². The molecule has 14 heavy (non-hydrogen) atoms. The lowest BCUT2D eigenvalue weighted by molar-refractivity contribution is -0.777. The fourth-order valence-corrected chi connectivity index (χ4v) is 0.845. The fraction of sp³-hybridized carbons (Fsp3) is 0.714. The molecule has 0 fully saturated rings. The molecule has 0 aliphatic heterocycles. The molecule has 0 aliphatic rings. The lowest BCUT2D eigenvalue weighted by atomic mass is 10.1. The number of nitrogens with zero attached hydrogens (tertiary/aromatic N) is 2. The maximum atomic E-state index is 10.4. The van der Waals surface area contributed by atoms with Crippen LogP contribution >= 0.6 is 0 Å². The molecule has 2 atom stereocenters. The van der Waals surface area contributed by atoms with Gasteiger partial charge >= 0.3 is 0 Å². The Labute approximate surface area is 80.6 Å². The molecule has 80 valence electrons. The van der Waals surface area contributed by atoms with Crippen LogP contribution in [-0.4, -0.2) is 22.2 Å². The molecule has 7 nitrogen and oxygen atoms in total. The summed E-state index contributed by atoms with van der Waals surface area (Å²) in [5.74, 6) is 0. The first-order valence-electron chi connectivity index (χ1n) is 4.04. The van der Waals surface area contributed by atoms with Crippen LogP contribution < -0.4 is 0 Å². The highest BCUT2D eigenvalue weighted by atomic mass is 17.0. The molecule has 0 radical (unpaired) electrons. The van der Waals surface area contributed by atoms with Gasteiger partial charge in [-0.15, -0.1) is 10.1 Å². The third kappa shape index (κ3) is 4.39. The average Bonchev–Trinajstić information content (AvgIpc) is 2.10. The van der Waals surface area contributed by atoms with Gasteiger partial charge in [0.05, 0.1) is 0 Å². The molecule has 0 unspecified atom stereocenters. The lowest BCUT2D eigenvalue weighted by Crippen LogP contribution is -2.34. The maximum absolute atomic E-state index is 10.4. The quantitative estimate of drug-likeness (QED) is 0.368. The first-order chi connectivity index (χ1) is 6.49. The van der Waals surface area contributed by atoms with Crippen molar-refractivity contribution in [3.63, 3.8) is 0 Å². The molecule has 0 aromatic rings. The number of hydrogen-bond acceptors (Lipinski definition) is 5. The highest BCUT2D eigenvalue weighted by Gasteiger charge is 2.28. The van der Waals surface area contributed by atoms with Gasteiger partial charge in [-0.25, -0.2) is 0 Å². The minimum Gasteiger partial charge on any atom is -0.303 e. The molecule has 0 aliphatic carbocycles. The van der Waals surface area contributed by atoms with Crippen molar-refractivity contribution < 1.29 is 14.8 Å². The molecular formula is C7H12N2O5. The molecule has 0 bridgehead atoms. The topological polar surface area (TPSA) is 95.5 Å². The predicted octanol–water partition coefficient (Wildman–Crippen LogP) is 1.19. The standard InChI is InChI=1S/C7H12N2O5/c1-3-4-5-7(14-9(12)13)6(2)8(10)11/h3-4,6-7H,5H2,1-2H3/b4-3-/t6-,7-/m1/s1. The molecule has 0 spiro atoms. The third-order valence-corrected chi connectivity index (χ3v) is 1.70.